The Morgan fingerprint density at radius 1 is 1.24 bits per heavy atom. The van der Waals surface area contributed by atoms with Gasteiger partial charge in [0.05, 0.1) is 10.5 Å². The molecule has 0 atom stereocenters. The van der Waals surface area contributed by atoms with Gasteiger partial charge in [0.2, 0.25) is 0 Å². The molecule has 0 aliphatic carbocycles. The van der Waals surface area contributed by atoms with Gasteiger partial charge in [-0.2, -0.15) is 13.2 Å². The topological polar surface area (TPSA) is 57.6 Å². The third-order valence-electron chi connectivity index (χ3n) is 4.09. The Balaban J connectivity index is 2.28. The highest BCUT2D eigenvalue weighted by molar-refractivity contribution is 8.18. The van der Waals surface area contributed by atoms with E-state index in [0.29, 0.717) is 18.3 Å². The molecule has 1 aliphatic rings. The van der Waals surface area contributed by atoms with E-state index in [1.165, 1.54) is 12.1 Å². The Bertz CT molecular complexity index is 712. The maximum absolute atomic E-state index is 12.8. The smallest absolute Gasteiger partial charge is 0.419 e. The predicted octanol–water partition coefficient (Wildman–Crippen LogP) is 4.88. The molecule has 1 aromatic carbocycles. The van der Waals surface area contributed by atoms with Crippen LogP contribution in [0.4, 0.5) is 18.0 Å². The van der Waals surface area contributed by atoms with Gasteiger partial charge in [0.15, 0.2) is 0 Å². The molecule has 8 heteroatoms. The SMILES string of the molecule is CCC(CC)CN1C(=O)SC(=Cc2ccc(O)c(C(F)(F)F)c2)C1=O. The predicted molar refractivity (Wildman–Crippen MR) is 89.9 cm³/mol. The molecule has 1 saturated heterocycles. The van der Waals surface area contributed by atoms with Crippen LogP contribution in [0.15, 0.2) is 23.1 Å². The molecule has 0 spiro atoms. The van der Waals surface area contributed by atoms with Gasteiger partial charge in [-0.05, 0) is 41.5 Å². The van der Waals surface area contributed by atoms with Crippen LogP contribution in [-0.4, -0.2) is 27.7 Å². The summed E-state index contributed by atoms with van der Waals surface area (Å²) in [5.74, 6) is -1.19. The lowest BCUT2D eigenvalue weighted by molar-refractivity contribution is -0.138. The van der Waals surface area contributed by atoms with Crippen molar-refractivity contribution >= 4 is 29.0 Å². The molecule has 0 radical (unpaired) electrons. The van der Waals surface area contributed by atoms with Gasteiger partial charge in [-0.15, -0.1) is 0 Å². The van der Waals surface area contributed by atoms with E-state index in [2.05, 4.69) is 0 Å². The van der Waals surface area contributed by atoms with Crippen LogP contribution in [0.25, 0.3) is 6.08 Å². The Kier molecular flexibility index (Phi) is 5.82. The fraction of sp³-hybridized carbons (Fsp3) is 0.412. The molecule has 1 heterocycles. The number of rotatable bonds is 5. The highest BCUT2D eigenvalue weighted by atomic mass is 32.2. The molecule has 0 bridgehead atoms. The van der Waals surface area contributed by atoms with E-state index < -0.39 is 28.6 Å². The number of carbonyl (C=O) groups excluding carboxylic acids is 2. The van der Waals surface area contributed by atoms with Crippen molar-refractivity contribution < 1.29 is 27.9 Å². The zero-order valence-corrected chi connectivity index (χ0v) is 14.6. The van der Waals surface area contributed by atoms with Gasteiger partial charge in [-0.25, -0.2) is 0 Å². The second kappa shape index (κ2) is 7.51. The van der Waals surface area contributed by atoms with E-state index in [9.17, 15) is 27.9 Å². The van der Waals surface area contributed by atoms with Crippen molar-refractivity contribution in [2.45, 2.75) is 32.9 Å². The van der Waals surface area contributed by atoms with Crippen LogP contribution in [0.5, 0.6) is 5.75 Å². The summed E-state index contributed by atoms with van der Waals surface area (Å²) in [4.78, 5) is 25.6. The maximum Gasteiger partial charge on any atom is 0.419 e. The molecule has 1 aliphatic heterocycles. The van der Waals surface area contributed by atoms with E-state index in [0.717, 1.165) is 29.9 Å². The molecule has 1 aromatic rings. The summed E-state index contributed by atoms with van der Waals surface area (Å²) in [6, 6.07) is 2.94. The third-order valence-corrected chi connectivity index (χ3v) is 5.00. The standard InChI is InChI=1S/C17H18F3NO3S/c1-3-10(4-2)9-21-15(23)14(25-16(21)24)8-11-5-6-13(22)12(7-11)17(18,19)20/h5-8,10,22H,3-4,9H2,1-2H3. The molecule has 136 valence electrons. The average molecular weight is 373 g/mol. The highest BCUT2D eigenvalue weighted by Crippen LogP contribution is 2.38. The monoisotopic (exact) mass is 373 g/mol. The minimum absolute atomic E-state index is 0.0785. The van der Waals surface area contributed by atoms with Crippen molar-refractivity contribution in [3.63, 3.8) is 0 Å². The van der Waals surface area contributed by atoms with Crippen LogP contribution in [0.1, 0.15) is 37.8 Å². The number of carbonyl (C=O) groups is 2. The molecule has 25 heavy (non-hydrogen) atoms. The zero-order valence-electron chi connectivity index (χ0n) is 13.8. The Labute approximate surface area is 147 Å². The van der Waals surface area contributed by atoms with Gasteiger partial charge in [0.1, 0.15) is 5.75 Å². The molecule has 4 nitrogen and oxygen atoms in total. The largest absolute Gasteiger partial charge is 0.507 e. The van der Waals surface area contributed by atoms with E-state index in [1.807, 2.05) is 13.8 Å². The van der Waals surface area contributed by atoms with Crippen LogP contribution >= 0.6 is 11.8 Å². The van der Waals surface area contributed by atoms with Crippen molar-refractivity contribution in [2.75, 3.05) is 6.54 Å². The second-order valence-corrected chi connectivity index (χ2v) is 6.74. The number of nitrogens with zero attached hydrogens (tertiary/aromatic N) is 1. The van der Waals surface area contributed by atoms with Crippen LogP contribution in [0, 0.1) is 5.92 Å². The number of hydrogen-bond acceptors (Lipinski definition) is 4. The zero-order chi connectivity index (χ0) is 18.8. The summed E-state index contributed by atoms with van der Waals surface area (Å²) in [6.45, 7) is 4.24. The van der Waals surface area contributed by atoms with Gasteiger partial charge in [-0.1, -0.05) is 32.8 Å². The molecular weight excluding hydrogens is 355 g/mol. The fourth-order valence-electron chi connectivity index (χ4n) is 2.48. The number of thioether (sulfide) groups is 1. The molecule has 0 saturated carbocycles. The number of hydrogen-bond donors (Lipinski definition) is 1. The molecule has 2 rings (SSSR count). The summed E-state index contributed by atoms with van der Waals surface area (Å²) >= 11 is 0.712. The number of halogens is 3. The van der Waals surface area contributed by atoms with Crippen molar-refractivity contribution in [3.05, 3.63) is 34.2 Å². The Hall–Kier alpha value is -1.96. The lowest BCUT2D eigenvalue weighted by atomic mass is 10.0. The van der Waals surface area contributed by atoms with Crippen molar-refractivity contribution in [3.8, 4) is 5.75 Å². The molecule has 1 N–H and O–H groups in total. The van der Waals surface area contributed by atoms with Gasteiger partial charge >= 0.3 is 6.18 Å². The van der Waals surface area contributed by atoms with E-state index >= 15 is 0 Å². The van der Waals surface area contributed by atoms with E-state index in [1.54, 1.807) is 0 Å². The number of phenolic OH excluding ortho intramolecular Hbond substituents is 1. The number of amides is 2. The average Bonchev–Trinajstić information content (AvgIpc) is 2.80. The van der Waals surface area contributed by atoms with E-state index in [-0.39, 0.29) is 16.4 Å². The second-order valence-electron chi connectivity index (χ2n) is 5.75. The van der Waals surface area contributed by atoms with Crippen LogP contribution < -0.4 is 0 Å². The number of aromatic hydroxyl groups is 1. The first-order chi connectivity index (χ1) is 11.7. The summed E-state index contributed by atoms with van der Waals surface area (Å²) < 4.78 is 38.5. The normalized spacial score (nSPS) is 17.2. The van der Waals surface area contributed by atoms with Crippen LogP contribution in [0.3, 0.4) is 0 Å². The first kappa shape index (κ1) is 19.4. The Morgan fingerprint density at radius 3 is 2.44 bits per heavy atom. The van der Waals surface area contributed by atoms with Crippen molar-refractivity contribution in [2.24, 2.45) is 5.92 Å². The third kappa shape index (κ3) is 4.36. The van der Waals surface area contributed by atoms with Crippen molar-refractivity contribution in [1.82, 2.24) is 4.90 Å². The van der Waals surface area contributed by atoms with E-state index in [4.69, 9.17) is 0 Å². The lowest BCUT2D eigenvalue weighted by Gasteiger charge is -2.19. The van der Waals surface area contributed by atoms with Gasteiger partial charge in [0.25, 0.3) is 11.1 Å². The Morgan fingerprint density at radius 2 is 1.88 bits per heavy atom. The van der Waals surface area contributed by atoms with Crippen LogP contribution in [-0.2, 0) is 11.0 Å². The van der Waals surface area contributed by atoms with Gasteiger partial charge in [-0.3, -0.25) is 14.5 Å². The fourth-order valence-corrected chi connectivity index (χ4v) is 3.33. The summed E-state index contributed by atoms with van der Waals surface area (Å²) in [5, 5.41) is 8.93. The highest BCUT2D eigenvalue weighted by Gasteiger charge is 2.37. The van der Waals surface area contributed by atoms with Gasteiger partial charge < -0.3 is 5.11 Å². The minimum atomic E-state index is -4.71. The molecule has 0 aromatic heterocycles. The summed E-state index contributed by atoms with van der Waals surface area (Å²) in [6.07, 6.45) is -1.82. The number of benzene rings is 1. The molecule has 1 fully saturated rings. The molecular formula is C17H18F3NO3S. The first-order valence-electron chi connectivity index (χ1n) is 7.82. The number of phenols is 1. The summed E-state index contributed by atoms with van der Waals surface area (Å²) in [7, 11) is 0. The first-order valence-corrected chi connectivity index (χ1v) is 8.64. The quantitative estimate of drug-likeness (QED) is 0.747. The lowest BCUT2D eigenvalue weighted by Crippen LogP contribution is -2.33. The summed E-state index contributed by atoms with van der Waals surface area (Å²) in [5.41, 5.74) is -1.09. The maximum atomic E-state index is 12.8. The molecule has 0 unspecified atom stereocenters. The molecule has 2 amide bonds. The van der Waals surface area contributed by atoms with Crippen molar-refractivity contribution in [1.29, 1.82) is 0 Å². The van der Waals surface area contributed by atoms with Gasteiger partial charge in [0, 0.05) is 6.54 Å². The number of imide groups is 1. The van der Waals surface area contributed by atoms with Crippen LogP contribution in [0.2, 0.25) is 0 Å². The number of alkyl halides is 3. The minimum Gasteiger partial charge on any atom is -0.507 e.